The minimum Gasteiger partial charge on any atom is -0.486 e. The molecule has 1 unspecified atom stereocenters. The fourth-order valence-corrected chi connectivity index (χ4v) is 2.63. The standard InChI is InChI=1S/C18H21NO2/c1-3-19-13(2)14-5-4-6-15(11-14)16-7-8-17-18(12-16)21-10-9-20-17/h4-8,11-13,19H,3,9-10H2,1-2H3. The molecule has 2 aromatic carbocycles. The number of ether oxygens (including phenoxy) is 2. The van der Waals surface area contributed by atoms with Crippen LogP contribution < -0.4 is 14.8 Å². The molecule has 1 aliphatic rings. The van der Waals surface area contributed by atoms with Gasteiger partial charge in [0.1, 0.15) is 13.2 Å². The molecule has 0 saturated heterocycles. The summed E-state index contributed by atoms with van der Waals surface area (Å²) in [6, 6.07) is 15.1. The van der Waals surface area contributed by atoms with E-state index in [1.54, 1.807) is 0 Å². The molecule has 2 aromatic rings. The molecule has 110 valence electrons. The molecule has 0 radical (unpaired) electrons. The number of benzene rings is 2. The fraction of sp³-hybridized carbons (Fsp3) is 0.333. The predicted molar refractivity (Wildman–Crippen MR) is 85.0 cm³/mol. The Labute approximate surface area is 125 Å². The van der Waals surface area contributed by atoms with Crippen molar-refractivity contribution >= 4 is 0 Å². The molecule has 1 heterocycles. The molecule has 0 amide bonds. The van der Waals surface area contributed by atoms with Crippen molar-refractivity contribution in [2.45, 2.75) is 19.9 Å². The van der Waals surface area contributed by atoms with Gasteiger partial charge in [-0.1, -0.05) is 31.2 Å². The lowest BCUT2D eigenvalue weighted by Gasteiger charge is -2.19. The number of nitrogens with one attached hydrogen (secondary N) is 1. The van der Waals surface area contributed by atoms with Crippen molar-refractivity contribution in [1.29, 1.82) is 0 Å². The second-order valence-corrected chi connectivity index (χ2v) is 5.26. The van der Waals surface area contributed by atoms with E-state index in [-0.39, 0.29) is 0 Å². The van der Waals surface area contributed by atoms with E-state index in [1.807, 2.05) is 6.07 Å². The van der Waals surface area contributed by atoms with Gasteiger partial charge >= 0.3 is 0 Å². The van der Waals surface area contributed by atoms with Crippen molar-refractivity contribution in [3.63, 3.8) is 0 Å². The van der Waals surface area contributed by atoms with Crippen molar-refractivity contribution in [3.8, 4) is 22.6 Å². The zero-order valence-electron chi connectivity index (χ0n) is 12.6. The Bertz CT molecular complexity index is 624. The quantitative estimate of drug-likeness (QED) is 0.926. The van der Waals surface area contributed by atoms with Gasteiger partial charge in [-0.15, -0.1) is 0 Å². The van der Waals surface area contributed by atoms with Gasteiger partial charge in [-0.3, -0.25) is 0 Å². The zero-order valence-corrected chi connectivity index (χ0v) is 12.6. The first-order valence-corrected chi connectivity index (χ1v) is 7.51. The molecule has 0 spiro atoms. The molecule has 1 N–H and O–H groups in total. The molecule has 3 heteroatoms. The van der Waals surface area contributed by atoms with Crippen molar-refractivity contribution < 1.29 is 9.47 Å². The largest absolute Gasteiger partial charge is 0.486 e. The smallest absolute Gasteiger partial charge is 0.161 e. The van der Waals surface area contributed by atoms with Crippen LogP contribution in [-0.2, 0) is 0 Å². The third-order valence-electron chi connectivity index (χ3n) is 3.77. The molecule has 1 atom stereocenters. The summed E-state index contributed by atoms with van der Waals surface area (Å²) in [5, 5.41) is 3.45. The highest BCUT2D eigenvalue weighted by Crippen LogP contribution is 2.35. The SMILES string of the molecule is CCNC(C)c1cccc(-c2ccc3c(c2)OCCO3)c1. The summed E-state index contributed by atoms with van der Waals surface area (Å²) in [6.07, 6.45) is 0. The van der Waals surface area contributed by atoms with Gasteiger partial charge in [0, 0.05) is 6.04 Å². The maximum Gasteiger partial charge on any atom is 0.161 e. The molecule has 0 fully saturated rings. The Morgan fingerprint density at radius 1 is 1.00 bits per heavy atom. The monoisotopic (exact) mass is 283 g/mol. The highest BCUT2D eigenvalue weighted by molar-refractivity contribution is 5.68. The summed E-state index contributed by atoms with van der Waals surface area (Å²) in [7, 11) is 0. The summed E-state index contributed by atoms with van der Waals surface area (Å²) in [5.41, 5.74) is 3.66. The van der Waals surface area contributed by atoms with Crippen LogP contribution in [0.1, 0.15) is 25.5 Å². The average molecular weight is 283 g/mol. The number of hydrogen-bond donors (Lipinski definition) is 1. The molecule has 0 aromatic heterocycles. The summed E-state index contributed by atoms with van der Waals surface area (Å²) in [6.45, 7) is 6.53. The van der Waals surface area contributed by atoms with Gasteiger partial charge in [-0.2, -0.15) is 0 Å². The van der Waals surface area contributed by atoms with Crippen LogP contribution in [0.5, 0.6) is 11.5 Å². The summed E-state index contributed by atoms with van der Waals surface area (Å²) >= 11 is 0. The van der Waals surface area contributed by atoms with Crippen LogP contribution >= 0.6 is 0 Å². The lowest BCUT2D eigenvalue weighted by atomic mass is 9.99. The predicted octanol–water partition coefficient (Wildman–Crippen LogP) is 3.80. The molecule has 1 aliphatic heterocycles. The van der Waals surface area contributed by atoms with Gasteiger partial charge in [0.2, 0.25) is 0 Å². The summed E-state index contributed by atoms with van der Waals surface area (Å²) in [4.78, 5) is 0. The summed E-state index contributed by atoms with van der Waals surface area (Å²) in [5.74, 6) is 1.67. The third-order valence-corrected chi connectivity index (χ3v) is 3.77. The maximum atomic E-state index is 5.66. The van der Waals surface area contributed by atoms with Crippen LogP contribution in [-0.4, -0.2) is 19.8 Å². The van der Waals surface area contributed by atoms with E-state index >= 15 is 0 Å². The van der Waals surface area contributed by atoms with Gasteiger partial charge in [0.05, 0.1) is 0 Å². The number of rotatable bonds is 4. The lowest BCUT2D eigenvalue weighted by Crippen LogP contribution is -2.17. The highest BCUT2D eigenvalue weighted by atomic mass is 16.6. The van der Waals surface area contributed by atoms with Crippen molar-refractivity contribution in [2.75, 3.05) is 19.8 Å². The Balaban J connectivity index is 1.91. The third kappa shape index (κ3) is 3.03. The molecular weight excluding hydrogens is 262 g/mol. The van der Waals surface area contributed by atoms with Crippen LogP contribution in [0.25, 0.3) is 11.1 Å². The van der Waals surface area contributed by atoms with E-state index in [0.29, 0.717) is 19.3 Å². The van der Waals surface area contributed by atoms with E-state index in [0.717, 1.165) is 23.6 Å². The van der Waals surface area contributed by atoms with Gasteiger partial charge in [-0.25, -0.2) is 0 Å². The maximum absolute atomic E-state index is 5.66. The van der Waals surface area contributed by atoms with E-state index < -0.39 is 0 Å². The van der Waals surface area contributed by atoms with Crippen molar-refractivity contribution in [3.05, 3.63) is 48.0 Å². The van der Waals surface area contributed by atoms with Crippen molar-refractivity contribution in [1.82, 2.24) is 5.32 Å². The van der Waals surface area contributed by atoms with Crippen LogP contribution in [0.4, 0.5) is 0 Å². The van der Waals surface area contributed by atoms with E-state index in [4.69, 9.17) is 9.47 Å². The average Bonchev–Trinajstić information content (AvgIpc) is 2.55. The van der Waals surface area contributed by atoms with Gasteiger partial charge in [0.15, 0.2) is 11.5 Å². The first kappa shape index (κ1) is 14.0. The highest BCUT2D eigenvalue weighted by Gasteiger charge is 2.13. The molecule has 3 rings (SSSR count). The number of hydrogen-bond acceptors (Lipinski definition) is 3. The molecule has 3 nitrogen and oxygen atoms in total. The molecular formula is C18H21NO2. The molecule has 0 bridgehead atoms. The van der Waals surface area contributed by atoms with Crippen molar-refractivity contribution in [2.24, 2.45) is 0 Å². The van der Waals surface area contributed by atoms with Crippen LogP contribution in [0.2, 0.25) is 0 Å². The topological polar surface area (TPSA) is 30.5 Å². The van der Waals surface area contributed by atoms with E-state index in [2.05, 4.69) is 55.6 Å². The second kappa shape index (κ2) is 6.19. The Morgan fingerprint density at radius 2 is 1.76 bits per heavy atom. The second-order valence-electron chi connectivity index (χ2n) is 5.26. The Hall–Kier alpha value is -2.00. The summed E-state index contributed by atoms with van der Waals surface area (Å²) < 4.78 is 11.2. The van der Waals surface area contributed by atoms with Gasteiger partial charge in [-0.05, 0) is 48.4 Å². The van der Waals surface area contributed by atoms with Crippen LogP contribution in [0.3, 0.4) is 0 Å². The molecule has 21 heavy (non-hydrogen) atoms. The van der Waals surface area contributed by atoms with Gasteiger partial charge in [0.25, 0.3) is 0 Å². The zero-order chi connectivity index (χ0) is 14.7. The number of fused-ring (bicyclic) bond motifs is 1. The van der Waals surface area contributed by atoms with Crippen LogP contribution in [0, 0.1) is 0 Å². The lowest BCUT2D eigenvalue weighted by molar-refractivity contribution is 0.171. The molecule has 0 aliphatic carbocycles. The first-order chi connectivity index (χ1) is 10.3. The van der Waals surface area contributed by atoms with Gasteiger partial charge < -0.3 is 14.8 Å². The van der Waals surface area contributed by atoms with E-state index in [9.17, 15) is 0 Å². The van der Waals surface area contributed by atoms with Crippen LogP contribution in [0.15, 0.2) is 42.5 Å². The minimum absolute atomic E-state index is 0.354. The van der Waals surface area contributed by atoms with E-state index in [1.165, 1.54) is 11.1 Å². The molecule has 0 saturated carbocycles. The Morgan fingerprint density at radius 3 is 2.57 bits per heavy atom. The minimum atomic E-state index is 0.354. The Kier molecular flexibility index (Phi) is 4.11. The first-order valence-electron chi connectivity index (χ1n) is 7.51. The fourth-order valence-electron chi connectivity index (χ4n) is 2.63. The normalized spacial score (nSPS) is 14.8.